The van der Waals surface area contributed by atoms with Crippen LogP contribution in [0.25, 0.3) is 0 Å². The molecule has 8 nitrogen and oxygen atoms in total. The number of sulfone groups is 1. The summed E-state index contributed by atoms with van der Waals surface area (Å²) in [5.41, 5.74) is 4.94. The molecule has 1 fully saturated rings. The fourth-order valence-corrected chi connectivity index (χ4v) is 3.26. The molecule has 0 bridgehead atoms. The minimum atomic E-state index is -3.30. The summed E-state index contributed by atoms with van der Waals surface area (Å²) >= 11 is 0. The molecule has 0 aromatic rings. The highest BCUT2D eigenvalue weighted by Crippen LogP contribution is 2.10. The van der Waals surface area contributed by atoms with Gasteiger partial charge < -0.3 is 15.2 Å². The molecule has 1 aliphatic heterocycles. The van der Waals surface area contributed by atoms with Crippen molar-refractivity contribution in [3.05, 3.63) is 0 Å². The Morgan fingerprint density at radius 1 is 1.38 bits per heavy atom. The summed E-state index contributed by atoms with van der Waals surface area (Å²) in [6, 6.07) is 0. The number of ether oxygens (including phenoxy) is 2. The molecule has 1 rings (SSSR count). The van der Waals surface area contributed by atoms with Gasteiger partial charge in [0.2, 0.25) is 5.91 Å². The number of carbonyl (C=O) groups excluding carboxylic acids is 2. The molecule has 1 heterocycles. The van der Waals surface area contributed by atoms with Crippen LogP contribution in [0.15, 0.2) is 0 Å². The molecular formula is C12H22N2O6S. The summed E-state index contributed by atoms with van der Waals surface area (Å²) in [5.74, 6) is -1.23. The van der Waals surface area contributed by atoms with Crippen molar-refractivity contribution in [2.45, 2.75) is 18.9 Å². The summed E-state index contributed by atoms with van der Waals surface area (Å²) in [6.07, 6.45) is -0.280. The number of morpholine rings is 1. The van der Waals surface area contributed by atoms with Crippen LogP contribution in [0.5, 0.6) is 0 Å². The molecule has 0 saturated carbocycles. The zero-order chi connectivity index (χ0) is 15.9. The van der Waals surface area contributed by atoms with E-state index in [-0.39, 0.29) is 36.4 Å². The van der Waals surface area contributed by atoms with E-state index in [1.165, 1.54) is 7.11 Å². The lowest BCUT2D eigenvalue weighted by atomic mass is 10.2. The van der Waals surface area contributed by atoms with Crippen molar-refractivity contribution in [3.8, 4) is 0 Å². The third kappa shape index (κ3) is 7.39. The molecule has 1 saturated heterocycles. The van der Waals surface area contributed by atoms with Crippen molar-refractivity contribution in [1.29, 1.82) is 0 Å². The molecule has 0 radical (unpaired) electrons. The number of methoxy groups -OCH3 is 1. The van der Waals surface area contributed by atoms with Gasteiger partial charge in [0.15, 0.2) is 9.84 Å². The van der Waals surface area contributed by atoms with E-state index in [1.54, 1.807) is 0 Å². The van der Waals surface area contributed by atoms with Gasteiger partial charge >= 0.3 is 5.97 Å². The third-order valence-electron chi connectivity index (χ3n) is 3.22. The van der Waals surface area contributed by atoms with E-state index in [4.69, 9.17) is 10.5 Å². The van der Waals surface area contributed by atoms with E-state index in [9.17, 15) is 18.0 Å². The standard InChI is InChI=1S/C12H22N2O6S/c1-19-12(16)8-10-9-14(3-5-20-10)4-7-21(17,18)6-2-11(13)15/h10H,2-9H2,1H3,(H2,13,15). The van der Waals surface area contributed by atoms with E-state index in [2.05, 4.69) is 4.74 Å². The van der Waals surface area contributed by atoms with E-state index in [1.807, 2.05) is 4.90 Å². The second-order valence-electron chi connectivity index (χ2n) is 4.94. The van der Waals surface area contributed by atoms with Gasteiger partial charge in [-0.1, -0.05) is 0 Å². The SMILES string of the molecule is COC(=O)CC1CN(CCS(=O)(=O)CCC(N)=O)CCO1. The topological polar surface area (TPSA) is 116 Å². The number of rotatable bonds is 8. The first kappa shape index (κ1) is 17.9. The van der Waals surface area contributed by atoms with E-state index >= 15 is 0 Å². The molecule has 0 aromatic heterocycles. The Morgan fingerprint density at radius 2 is 2.10 bits per heavy atom. The minimum Gasteiger partial charge on any atom is -0.469 e. The maximum absolute atomic E-state index is 11.7. The van der Waals surface area contributed by atoms with E-state index in [0.29, 0.717) is 26.2 Å². The molecule has 2 N–H and O–H groups in total. The highest BCUT2D eigenvalue weighted by molar-refractivity contribution is 7.91. The van der Waals surface area contributed by atoms with Gasteiger partial charge in [0.25, 0.3) is 0 Å². The van der Waals surface area contributed by atoms with Crippen LogP contribution in [0.4, 0.5) is 0 Å². The van der Waals surface area contributed by atoms with Crippen molar-refractivity contribution < 1.29 is 27.5 Å². The smallest absolute Gasteiger partial charge is 0.308 e. The van der Waals surface area contributed by atoms with Gasteiger partial charge in [-0.15, -0.1) is 0 Å². The number of nitrogens with two attached hydrogens (primary N) is 1. The van der Waals surface area contributed by atoms with Crippen LogP contribution in [-0.2, 0) is 28.9 Å². The summed E-state index contributed by atoms with van der Waals surface area (Å²) in [6.45, 7) is 1.90. The maximum Gasteiger partial charge on any atom is 0.308 e. The predicted molar refractivity (Wildman–Crippen MR) is 75.3 cm³/mol. The molecule has 1 unspecified atom stereocenters. The van der Waals surface area contributed by atoms with Gasteiger partial charge in [-0.2, -0.15) is 0 Å². The van der Waals surface area contributed by atoms with Crippen LogP contribution in [0, 0.1) is 0 Å². The maximum atomic E-state index is 11.7. The summed E-state index contributed by atoms with van der Waals surface area (Å²) < 4.78 is 33.5. The van der Waals surface area contributed by atoms with Crippen molar-refractivity contribution in [2.75, 3.05) is 44.9 Å². The van der Waals surface area contributed by atoms with Gasteiger partial charge in [-0.25, -0.2) is 8.42 Å². The average Bonchev–Trinajstić information content (AvgIpc) is 2.43. The second-order valence-corrected chi connectivity index (χ2v) is 7.25. The summed E-state index contributed by atoms with van der Waals surface area (Å²) in [7, 11) is -1.98. The molecule has 0 aliphatic carbocycles. The van der Waals surface area contributed by atoms with Crippen molar-refractivity contribution in [1.82, 2.24) is 4.90 Å². The second kappa shape index (κ2) is 8.30. The summed E-state index contributed by atoms with van der Waals surface area (Å²) in [5, 5.41) is 0. The van der Waals surface area contributed by atoms with Gasteiger partial charge in [-0.3, -0.25) is 14.5 Å². The van der Waals surface area contributed by atoms with Gasteiger partial charge in [0.05, 0.1) is 37.7 Å². The quantitative estimate of drug-likeness (QED) is 0.543. The van der Waals surface area contributed by atoms with Crippen LogP contribution in [0.1, 0.15) is 12.8 Å². The van der Waals surface area contributed by atoms with Crippen LogP contribution in [0.3, 0.4) is 0 Å². The first-order chi connectivity index (χ1) is 9.82. The Bertz CT molecular complexity index is 464. The first-order valence-electron chi connectivity index (χ1n) is 6.72. The first-order valence-corrected chi connectivity index (χ1v) is 8.54. The van der Waals surface area contributed by atoms with Crippen LogP contribution < -0.4 is 5.73 Å². The molecule has 9 heteroatoms. The fourth-order valence-electron chi connectivity index (χ4n) is 2.00. The van der Waals surface area contributed by atoms with Crippen molar-refractivity contribution >= 4 is 21.7 Å². The Labute approximate surface area is 124 Å². The number of hydrogen-bond acceptors (Lipinski definition) is 7. The Morgan fingerprint density at radius 3 is 2.71 bits per heavy atom. The molecule has 122 valence electrons. The van der Waals surface area contributed by atoms with E-state index in [0.717, 1.165) is 0 Å². The number of esters is 1. The molecule has 1 aliphatic rings. The normalized spacial score (nSPS) is 20.1. The molecular weight excluding hydrogens is 300 g/mol. The average molecular weight is 322 g/mol. The Hall–Kier alpha value is -1.19. The van der Waals surface area contributed by atoms with Crippen LogP contribution in [-0.4, -0.2) is 76.2 Å². The van der Waals surface area contributed by atoms with E-state index < -0.39 is 15.7 Å². The van der Waals surface area contributed by atoms with Gasteiger partial charge in [-0.05, 0) is 0 Å². The number of primary amides is 1. The molecule has 21 heavy (non-hydrogen) atoms. The summed E-state index contributed by atoms with van der Waals surface area (Å²) in [4.78, 5) is 23.7. The van der Waals surface area contributed by atoms with Crippen LogP contribution in [0.2, 0.25) is 0 Å². The van der Waals surface area contributed by atoms with Gasteiger partial charge in [0, 0.05) is 26.1 Å². The molecule has 0 aromatic carbocycles. The monoisotopic (exact) mass is 322 g/mol. The minimum absolute atomic E-state index is 0.0365. The Kier molecular flexibility index (Phi) is 7.06. The number of hydrogen-bond donors (Lipinski definition) is 1. The van der Waals surface area contributed by atoms with Crippen molar-refractivity contribution in [2.24, 2.45) is 5.73 Å². The third-order valence-corrected chi connectivity index (χ3v) is 4.85. The highest BCUT2D eigenvalue weighted by Gasteiger charge is 2.24. The van der Waals surface area contributed by atoms with Gasteiger partial charge in [0.1, 0.15) is 0 Å². The molecule has 1 atom stereocenters. The lowest BCUT2D eigenvalue weighted by molar-refractivity contribution is -0.145. The fraction of sp³-hybridized carbons (Fsp3) is 0.833. The van der Waals surface area contributed by atoms with Crippen molar-refractivity contribution in [3.63, 3.8) is 0 Å². The van der Waals surface area contributed by atoms with Crippen LogP contribution >= 0.6 is 0 Å². The lowest BCUT2D eigenvalue weighted by Gasteiger charge is -2.32. The number of amides is 1. The highest BCUT2D eigenvalue weighted by atomic mass is 32.2. The zero-order valence-corrected chi connectivity index (χ0v) is 12.9. The number of carbonyl (C=O) groups is 2. The predicted octanol–water partition coefficient (Wildman–Crippen LogP) is -1.46. The molecule has 0 spiro atoms. The zero-order valence-electron chi connectivity index (χ0n) is 12.1. The lowest BCUT2D eigenvalue weighted by Crippen LogP contribution is -2.45. The Balaban J connectivity index is 2.37. The largest absolute Gasteiger partial charge is 0.469 e. The molecule has 1 amide bonds. The number of nitrogens with zero attached hydrogens (tertiary/aromatic N) is 1.